The van der Waals surface area contributed by atoms with E-state index in [0.717, 1.165) is 18.5 Å². The van der Waals surface area contributed by atoms with E-state index in [1.165, 1.54) is 64.5 Å². The number of likely N-dealkylation sites (tertiary alicyclic amines) is 1. The molecular formula is C14H26N2. The molecule has 1 aliphatic heterocycles. The first-order valence-corrected chi connectivity index (χ1v) is 7.27. The zero-order valence-corrected chi connectivity index (χ0v) is 10.5. The Morgan fingerprint density at radius 1 is 1.06 bits per heavy atom. The minimum Gasteiger partial charge on any atom is -0.330 e. The van der Waals surface area contributed by atoms with Gasteiger partial charge in [0.25, 0.3) is 0 Å². The van der Waals surface area contributed by atoms with Gasteiger partial charge in [0.05, 0.1) is 0 Å². The molecule has 0 spiro atoms. The van der Waals surface area contributed by atoms with Gasteiger partial charge in [0.2, 0.25) is 0 Å². The maximum absolute atomic E-state index is 5.93. The molecule has 92 valence electrons. The first kappa shape index (κ1) is 11.0. The molecule has 2 nitrogen and oxygen atoms in total. The number of nitrogens with zero attached hydrogens (tertiary/aromatic N) is 1. The predicted molar refractivity (Wildman–Crippen MR) is 67.3 cm³/mol. The van der Waals surface area contributed by atoms with Crippen molar-refractivity contribution in [3.63, 3.8) is 0 Å². The highest BCUT2D eigenvalue weighted by Gasteiger charge is 2.45. The molecule has 2 atom stereocenters. The van der Waals surface area contributed by atoms with Crippen LogP contribution in [-0.2, 0) is 0 Å². The Balaban J connectivity index is 1.64. The number of rotatable bonds is 3. The molecule has 2 N–H and O–H groups in total. The summed E-state index contributed by atoms with van der Waals surface area (Å²) in [5.41, 5.74) is 6.47. The Morgan fingerprint density at radius 2 is 1.81 bits per heavy atom. The number of piperidine rings is 1. The lowest BCUT2D eigenvalue weighted by molar-refractivity contribution is 0.0452. The minimum absolute atomic E-state index is 0.541. The van der Waals surface area contributed by atoms with Crippen LogP contribution < -0.4 is 5.73 Å². The summed E-state index contributed by atoms with van der Waals surface area (Å²) in [6, 6.07) is 0.923. The molecule has 0 aromatic heterocycles. The van der Waals surface area contributed by atoms with Crippen LogP contribution in [-0.4, -0.2) is 30.6 Å². The van der Waals surface area contributed by atoms with E-state index in [1.54, 1.807) is 0 Å². The van der Waals surface area contributed by atoms with Gasteiger partial charge in [-0.05, 0) is 62.9 Å². The molecule has 0 aromatic rings. The molecule has 16 heavy (non-hydrogen) atoms. The summed E-state index contributed by atoms with van der Waals surface area (Å²) in [6.07, 6.45) is 11.6. The molecule has 0 bridgehead atoms. The van der Waals surface area contributed by atoms with Crippen molar-refractivity contribution in [1.82, 2.24) is 4.90 Å². The van der Waals surface area contributed by atoms with Crippen molar-refractivity contribution < 1.29 is 0 Å². The van der Waals surface area contributed by atoms with Crippen molar-refractivity contribution in [2.75, 3.05) is 19.6 Å². The molecule has 3 fully saturated rings. The van der Waals surface area contributed by atoms with E-state index in [-0.39, 0.29) is 0 Å². The van der Waals surface area contributed by atoms with Crippen molar-refractivity contribution in [3.8, 4) is 0 Å². The van der Waals surface area contributed by atoms with Crippen molar-refractivity contribution in [1.29, 1.82) is 0 Å². The van der Waals surface area contributed by atoms with Crippen LogP contribution in [0.3, 0.4) is 0 Å². The number of nitrogens with two attached hydrogens (primary N) is 1. The third-order valence-corrected chi connectivity index (χ3v) is 5.29. The smallest absolute Gasteiger partial charge is 0.0124 e. The fraction of sp³-hybridized carbons (Fsp3) is 1.00. The molecule has 1 heterocycles. The Bertz CT molecular complexity index is 245. The highest BCUT2D eigenvalue weighted by Crippen LogP contribution is 2.47. The molecule has 1 saturated heterocycles. The predicted octanol–water partition coefficient (Wildman–Crippen LogP) is 2.38. The molecule has 0 amide bonds. The largest absolute Gasteiger partial charge is 0.330 e. The van der Waals surface area contributed by atoms with Gasteiger partial charge in [-0.15, -0.1) is 0 Å². The standard InChI is InChI=1S/C14H26N2/c15-10-14(7-8-14)11-16-9-3-5-12-4-1-2-6-13(12)16/h12-13H,1-11,15H2/t12-,13-/m1/s1. The molecule has 3 rings (SSSR count). The first-order valence-electron chi connectivity index (χ1n) is 7.27. The third kappa shape index (κ3) is 2.02. The molecule has 0 aromatic carbocycles. The normalized spacial score (nSPS) is 38.1. The van der Waals surface area contributed by atoms with Crippen molar-refractivity contribution in [2.45, 2.75) is 57.4 Å². The van der Waals surface area contributed by atoms with Crippen LogP contribution in [0.15, 0.2) is 0 Å². The second kappa shape index (κ2) is 4.30. The van der Waals surface area contributed by atoms with Crippen molar-refractivity contribution in [3.05, 3.63) is 0 Å². The van der Waals surface area contributed by atoms with Gasteiger partial charge >= 0.3 is 0 Å². The van der Waals surface area contributed by atoms with Gasteiger partial charge < -0.3 is 5.73 Å². The second-order valence-electron chi connectivity index (χ2n) is 6.43. The zero-order valence-electron chi connectivity index (χ0n) is 10.5. The summed E-state index contributed by atoms with van der Waals surface area (Å²) < 4.78 is 0. The second-order valence-corrected chi connectivity index (χ2v) is 6.43. The Hall–Kier alpha value is -0.0800. The van der Waals surface area contributed by atoms with Crippen LogP contribution in [0.5, 0.6) is 0 Å². The van der Waals surface area contributed by atoms with E-state index in [2.05, 4.69) is 4.90 Å². The van der Waals surface area contributed by atoms with Crippen LogP contribution in [0.25, 0.3) is 0 Å². The van der Waals surface area contributed by atoms with Gasteiger partial charge in [-0.2, -0.15) is 0 Å². The highest BCUT2D eigenvalue weighted by molar-refractivity contribution is 4.99. The molecule has 2 aliphatic carbocycles. The number of hydrogen-bond acceptors (Lipinski definition) is 2. The molecule has 2 saturated carbocycles. The highest BCUT2D eigenvalue weighted by atomic mass is 15.2. The van der Waals surface area contributed by atoms with Crippen LogP contribution in [0, 0.1) is 11.3 Å². The number of hydrogen-bond donors (Lipinski definition) is 1. The van der Waals surface area contributed by atoms with E-state index < -0.39 is 0 Å². The molecule has 0 radical (unpaired) electrons. The van der Waals surface area contributed by atoms with E-state index in [9.17, 15) is 0 Å². The Morgan fingerprint density at radius 3 is 2.56 bits per heavy atom. The fourth-order valence-corrected chi connectivity index (χ4v) is 3.96. The minimum atomic E-state index is 0.541. The fourth-order valence-electron chi connectivity index (χ4n) is 3.96. The van der Waals surface area contributed by atoms with Gasteiger partial charge in [0.1, 0.15) is 0 Å². The van der Waals surface area contributed by atoms with E-state index >= 15 is 0 Å². The Labute approximate surface area is 99.6 Å². The summed E-state index contributed by atoms with van der Waals surface area (Å²) in [5, 5.41) is 0. The maximum atomic E-state index is 5.93. The Kier molecular flexibility index (Phi) is 2.97. The summed E-state index contributed by atoms with van der Waals surface area (Å²) in [7, 11) is 0. The van der Waals surface area contributed by atoms with Crippen LogP contribution in [0.2, 0.25) is 0 Å². The van der Waals surface area contributed by atoms with Crippen molar-refractivity contribution >= 4 is 0 Å². The van der Waals surface area contributed by atoms with E-state index in [1.807, 2.05) is 0 Å². The van der Waals surface area contributed by atoms with Crippen LogP contribution in [0.1, 0.15) is 51.4 Å². The van der Waals surface area contributed by atoms with Crippen LogP contribution in [0.4, 0.5) is 0 Å². The third-order valence-electron chi connectivity index (χ3n) is 5.29. The molecule has 2 heteroatoms. The summed E-state index contributed by atoms with van der Waals surface area (Å²) >= 11 is 0. The molecule has 0 unspecified atom stereocenters. The average Bonchev–Trinajstić information content (AvgIpc) is 3.10. The zero-order chi connectivity index (χ0) is 11.0. The first-order chi connectivity index (χ1) is 7.83. The van der Waals surface area contributed by atoms with Gasteiger partial charge in [-0.25, -0.2) is 0 Å². The lowest BCUT2D eigenvalue weighted by atomic mass is 9.78. The number of fused-ring (bicyclic) bond motifs is 1. The van der Waals surface area contributed by atoms with E-state index in [0.29, 0.717) is 5.41 Å². The molecular weight excluding hydrogens is 196 g/mol. The molecule has 3 aliphatic rings. The monoisotopic (exact) mass is 222 g/mol. The maximum Gasteiger partial charge on any atom is 0.0124 e. The quantitative estimate of drug-likeness (QED) is 0.794. The van der Waals surface area contributed by atoms with Crippen molar-refractivity contribution in [2.24, 2.45) is 17.1 Å². The van der Waals surface area contributed by atoms with E-state index in [4.69, 9.17) is 5.73 Å². The van der Waals surface area contributed by atoms with Gasteiger partial charge in [-0.1, -0.05) is 12.8 Å². The van der Waals surface area contributed by atoms with Crippen LogP contribution >= 0.6 is 0 Å². The van der Waals surface area contributed by atoms with Gasteiger partial charge in [-0.3, -0.25) is 4.90 Å². The summed E-state index contributed by atoms with van der Waals surface area (Å²) in [6.45, 7) is 3.58. The lowest BCUT2D eigenvalue weighted by Gasteiger charge is -2.45. The average molecular weight is 222 g/mol. The summed E-state index contributed by atoms with van der Waals surface area (Å²) in [4.78, 5) is 2.81. The lowest BCUT2D eigenvalue weighted by Crippen LogP contribution is -2.49. The van der Waals surface area contributed by atoms with Gasteiger partial charge in [0, 0.05) is 12.6 Å². The SMILES string of the molecule is NCC1(CN2CCC[C@H]3CCCC[C@H]32)CC1. The topological polar surface area (TPSA) is 29.3 Å². The summed E-state index contributed by atoms with van der Waals surface area (Å²) in [5.74, 6) is 1.02. The van der Waals surface area contributed by atoms with Gasteiger partial charge in [0.15, 0.2) is 0 Å².